The Bertz CT molecular complexity index is 2540. The van der Waals surface area contributed by atoms with E-state index in [1.165, 1.54) is 25.0 Å². The smallest absolute Gasteiger partial charge is 0.336 e. The Labute approximate surface area is 391 Å². The van der Waals surface area contributed by atoms with Crippen molar-refractivity contribution in [3.8, 4) is 22.6 Å². The van der Waals surface area contributed by atoms with Gasteiger partial charge in [-0.1, -0.05) is 48.6 Å². The van der Waals surface area contributed by atoms with Crippen LogP contribution >= 0.6 is 0 Å². The minimum atomic E-state index is -1.08. The van der Waals surface area contributed by atoms with Crippen molar-refractivity contribution in [2.75, 3.05) is 40.4 Å². The molecule has 67 heavy (non-hydrogen) atoms. The number of ether oxygens (including phenoxy) is 2. The predicted molar refractivity (Wildman–Crippen MR) is 259 cm³/mol. The van der Waals surface area contributed by atoms with E-state index in [1.807, 2.05) is 48.5 Å². The normalized spacial score (nSPS) is 24.4. The van der Waals surface area contributed by atoms with Gasteiger partial charge in [0.25, 0.3) is 0 Å². The van der Waals surface area contributed by atoms with Gasteiger partial charge < -0.3 is 35.4 Å². The number of hydrogen-bond acceptors (Lipinski definition) is 10. The highest BCUT2D eigenvalue weighted by molar-refractivity contribution is 6.02. The second-order valence-corrected chi connectivity index (χ2v) is 17.7. The fourth-order valence-corrected chi connectivity index (χ4v) is 10.7. The monoisotopic (exact) mass is 908 g/mol. The summed E-state index contributed by atoms with van der Waals surface area (Å²) >= 11 is 0. The number of aromatic carboxylic acids is 2. The zero-order valence-electron chi connectivity index (χ0n) is 37.9. The molecular formula is C54H60N4O9. The van der Waals surface area contributed by atoms with Crippen LogP contribution in [0.15, 0.2) is 135 Å². The molecule has 6 aliphatic heterocycles. The molecule has 6 saturated heterocycles. The van der Waals surface area contributed by atoms with E-state index >= 15 is 0 Å². The van der Waals surface area contributed by atoms with Crippen molar-refractivity contribution >= 4 is 33.7 Å². The molecule has 13 heteroatoms. The van der Waals surface area contributed by atoms with Crippen LogP contribution in [0, 0.1) is 23.7 Å². The van der Waals surface area contributed by atoms with Gasteiger partial charge in [-0.25, -0.2) is 9.59 Å². The minimum Gasteiger partial charge on any atom is -0.497 e. The Kier molecular flexibility index (Phi) is 15.5. The van der Waals surface area contributed by atoms with Gasteiger partial charge in [-0.15, -0.1) is 13.2 Å². The van der Waals surface area contributed by atoms with E-state index < -0.39 is 24.1 Å². The van der Waals surface area contributed by atoms with Crippen molar-refractivity contribution in [2.24, 2.45) is 23.7 Å². The van der Waals surface area contributed by atoms with Crippen molar-refractivity contribution in [1.29, 1.82) is 0 Å². The number of rotatable bonds is 11. The fraction of sp³-hybridized carbons (Fsp3) is 0.333. The van der Waals surface area contributed by atoms with Crippen LogP contribution < -0.4 is 9.47 Å². The number of carboxylic acids is 2. The molecule has 350 valence electrons. The average Bonchev–Trinajstić information content (AvgIpc) is 3.37. The second kappa shape index (κ2) is 21.4. The van der Waals surface area contributed by atoms with Crippen molar-refractivity contribution in [2.45, 2.75) is 50.0 Å². The molecule has 0 aliphatic carbocycles. The van der Waals surface area contributed by atoms with E-state index in [4.69, 9.17) is 19.7 Å². The number of aliphatic hydroxyl groups is 2. The maximum absolute atomic E-state index is 11.2. The molecule has 8 heterocycles. The standard InChI is InChI=1S/2C20H24N2O2.C14H10O4.H2O/c2*1-3-13-12-22-9-7-14(13)10-19(22)20(23)16-6-8-21-18-5-4-15(24-2)11-17(16)18;15-13(16)11-7-3-1-5-9(11)10-6-2-4-8-12(10)14(17)18;/h2*3-6,8,11,13-14,19-20,23H,1,7,9-10,12H2,2H3;1-8H,(H,15,16)(H,17,18);1H2/t2*13-,14-,19-,20-;;/m00../s1. The Morgan fingerprint density at radius 1 is 0.642 bits per heavy atom. The molecule has 13 nitrogen and oxygen atoms in total. The van der Waals surface area contributed by atoms with Crippen LogP contribution in [0.2, 0.25) is 0 Å². The molecule has 6 fully saturated rings. The lowest BCUT2D eigenvalue weighted by atomic mass is 9.73. The fourth-order valence-electron chi connectivity index (χ4n) is 10.7. The van der Waals surface area contributed by atoms with Crippen molar-refractivity contribution in [1.82, 2.24) is 19.8 Å². The van der Waals surface area contributed by atoms with Crippen molar-refractivity contribution in [3.05, 3.63) is 157 Å². The molecule has 6 N–H and O–H groups in total. The predicted octanol–water partition coefficient (Wildman–Crippen LogP) is 8.27. The third kappa shape index (κ3) is 10.1. The first kappa shape index (κ1) is 48.5. The number of piperidine rings is 6. The Balaban J connectivity index is 0.000000150. The third-order valence-corrected chi connectivity index (χ3v) is 14.2. The zero-order valence-corrected chi connectivity index (χ0v) is 37.9. The summed E-state index contributed by atoms with van der Waals surface area (Å²) in [6, 6.07) is 28.6. The number of benzene rings is 4. The van der Waals surface area contributed by atoms with E-state index in [2.05, 4.69) is 45.1 Å². The van der Waals surface area contributed by atoms with Gasteiger partial charge in [0.05, 0.1) is 48.6 Å². The van der Waals surface area contributed by atoms with Crippen molar-refractivity contribution in [3.63, 3.8) is 0 Å². The zero-order chi connectivity index (χ0) is 46.5. The van der Waals surface area contributed by atoms with E-state index in [0.717, 1.165) is 83.5 Å². The lowest BCUT2D eigenvalue weighted by molar-refractivity contribution is -0.0445. The molecule has 4 aromatic carbocycles. The first-order chi connectivity index (χ1) is 32.0. The van der Waals surface area contributed by atoms with Gasteiger partial charge in [-0.05, 0) is 145 Å². The molecule has 4 bridgehead atoms. The topological polar surface area (TPSA) is 197 Å². The van der Waals surface area contributed by atoms with Gasteiger partial charge in [0.15, 0.2) is 0 Å². The van der Waals surface area contributed by atoms with Crippen LogP contribution in [0.1, 0.15) is 69.7 Å². The number of hydrogen-bond donors (Lipinski definition) is 4. The van der Waals surface area contributed by atoms with Crippen LogP contribution in [0.4, 0.5) is 0 Å². The lowest BCUT2D eigenvalue weighted by Crippen LogP contribution is -2.54. The number of carbonyl (C=O) groups is 2. The van der Waals surface area contributed by atoms with Crippen LogP contribution in [0.3, 0.4) is 0 Å². The number of aromatic nitrogens is 2. The van der Waals surface area contributed by atoms with Gasteiger partial charge >= 0.3 is 11.9 Å². The summed E-state index contributed by atoms with van der Waals surface area (Å²) in [6.45, 7) is 12.1. The molecule has 0 spiro atoms. The molecule has 6 aliphatic rings. The molecule has 0 saturated carbocycles. The molecule has 0 radical (unpaired) electrons. The quantitative estimate of drug-likeness (QED) is 0.0910. The first-order valence-electron chi connectivity index (χ1n) is 22.6. The van der Waals surface area contributed by atoms with Gasteiger partial charge in [0.2, 0.25) is 0 Å². The van der Waals surface area contributed by atoms with E-state index in [-0.39, 0.29) is 28.7 Å². The number of aliphatic hydroxyl groups excluding tert-OH is 2. The van der Waals surface area contributed by atoms with E-state index in [9.17, 15) is 19.8 Å². The van der Waals surface area contributed by atoms with Crippen LogP contribution in [-0.4, -0.2) is 110 Å². The molecule has 10 atom stereocenters. The molecule has 12 rings (SSSR count). The summed E-state index contributed by atoms with van der Waals surface area (Å²) in [7, 11) is 3.32. The van der Waals surface area contributed by atoms with Gasteiger partial charge in [-0.3, -0.25) is 19.8 Å². The van der Waals surface area contributed by atoms with E-state index in [1.54, 1.807) is 63.0 Å². The van der Waals surface area contributed by atoms with E-state index in [0.29, 0.717) is 34.8 Å². The summed E-state index contributed by atoms with van der Waals surface area (Å²) in [5, 5.41) is 42.5. The van der Waals surface area contributed by atoms with Crippen LogP contribution in [0.25, 0.3) is 32.9 Å². The average molecular weight is 909 g/mol. The van der Waals surface area contributed by atoms with Crippen LogP contribution in [0.5, 0.6) is 11.5 Å². The Morgan fingerprint density at radius 3 is 1.39 bits per heavy atom. The minimum absolute atomic E-state index is 0. The first-order valence-corrected chi connectivity index (χ1v) is 22.6. The molecule has 6 aromatic rings. The van der Waals surface area contributed by atoms with Gasteiger partial charge in [0, 0.05) is 48.3 Å². The third-order valence-electron chi connectivity index (χ3n) is 14.2. The van der Waals surface area contributed by atoms with Crippen molar-refractivity contribution < 1.29 is 45.0 Å². The summed E-state index contributed by atoms with van der Waals surface area (Å²) in [4.78, 5) is 36.0. The number of fused-ring (bicyclic) bond motifs is 8. The SMILES string of the molecule is C=C[C@H]1CN2CC[C@H]1C[C@H]2[C@@H](O)c1ccnc2ccc(OC)cc12.C=C[C@H]1CN2CC[C@H]1C[C@H]2[C@@H](O)c1ccnc2ccc(OC)cc12.O.O=C(O)c1ccccc1-c1ccccc1C(=O)O. The highest BCUT2D eigenvalue weighted by atomic mass is 16.5. The maximum atomic E-state index is 11.2. The molecule has 2 aromatic heterocycles. The summed E-state index contributed by atoms with van der Waals surface area (Å²) in [6.07, 6.45) is 11.2. The molecular weight excluding hydrogens is 849 g/mol. The molecule has 2 unspecified atom stereocenters. The van der Waals surface area contributed by atoms with Gasteiger partial charge in [-0.2, -0.15) is 0 Å². The Hall–Kier alpha value is -6.48. The number of nitrogens with zero attached hydrogens (tertiary/aromatic N) is 4. The Morgan fingerprint density at radius 2 is 1.04 bits per heavy atom. The lowest BCUT2D eigenvalue weighted by Gasteiger charge is -2.50. The number of pyridine rings is 2. The maximum Gasteiger partial charge on any atom is 0.336 e. The second-order valence-electron chi connectivity index (χ2n) is 17.7. The number of carboxylic acid groups (broad SMARTS) is 2. The number of methoxy groups -OCH3 is 2. The summed E-state index contributed by atoms with van der Waals surface area (Å²) in [5.41, 5.74) is 4.68. The summed E-state index contributed by atoms with van der Waals surface area (Å²) in [5.74, 6) is 1.86. The largest absolute Gasteiger partial charge is 0.497 e. The highest BCUT2D eigenvalue weighted by Crippen LogP contribution is 2.44. The van der Waals surface area contributed by atoms with Crippen LogP contribution in [-0.2, 0) is 0 Å². The highest BCUT2D eigenvalue weighted by Gasteiger charge is 2.43. The van der Waals surface area contributed by atoms with Gasteiger partial charge in [0.1, 0.15) is 11.5 Å². The summed E-state index contributed by atoms with van der Waals surface area (Å²) < 4.78 is 10.7. The molecule has 0 amide bonds.